The predicted molar refractivity (Wildman–Crippen MR) is 137 cm³/mol. The van der Waals surface area contributed by atoms with Crippen molar-refractivity contribution in [2.24, 2.45) is 5.92 Å². The van der Waals surface area contributed by atoms with Gasteiger partial charge in [0.2, 0.25) is 10.0 Å². The van der Waals surface area contributed by atoms with Crippen molar-refractivity contribution in [2.75, 3.05) is 25.0 Å². The molecule has 9 heteroatoms. The lowest BCUT2D eigenvalue weighted by atomic mass is 9.84. The number of aromatic nitrogens is 1. The Kier molecular flexibility index (Phi) is 6.68. The molecule has 1 aromatic heterocycles. The van der Waals surface area contributed by atoms with Crippen molar-refractivity contribution >= 4 is 21.6 Å². The number of nitrogens with one attached hydrogen (secondary N) is 1. The zero-order valence-electron chi connectivity index (χ0n) is 20.1. The molecule has 36 heavy (non-hydrogen) atoms. The van der Waals surface area contributed by atoms with E-state index in [1.165, 1.54) is 16.4 Å². The van der Waals surface area contributed by atoms with Crippen LogP contribution in [0.5, 0.6) is 5.75 Å². The van der Waals surface area contributed by atoms with Gasteiger partial charge in [0.1, 0.15) is 5.75 Å². The number of benzene rings is 2. The highest BCUT2D eigenvalue weighted by molar-refractivity contribution is 7.89. The molecular formula is C27H29N3O5S. The molecule has 3 aromatic rings. The molecule has 0 unspecified atom stereocenters. The summed E-state index contributed by atoms with van der Waals surface area (Å²) in [6, 6.07) is 18.3. The molecule has 1 saturated heterocycles. The number of pyridine rings is 1. The summed E-state index contributed by atoms with van der Waals surface area (Å²) >= 11 is 0. The van der Waals surface area contributed by atoms with Crippen LogP contribution in [-0.2, 0) is 16.6 Å². The normalized spacial score (nSPS) is 19.4. The van der Waals surface area contributed by atoms with E-state index in [-0.39, 0.29) is 28.2 Å². The smallest absolute Gasteiger partial charge is 0.255 e. The first-order valence-corrected chi connectivity index (χ1v) is 13.6. The number of ether oxygens (including phenoxy) is 1. The summed E-state index contributed by atoms with van der Waals surface area (Å²) < 4.78 is 35.7. The summed E-state index contributed by atoms with van der Waals surface area (Å²) in [5.74, 6) is 0.521. The largest absolute Gasteiger partial charge is 0.494 e. The van der Waals surface area contributed by atoms with Crippen LogP contribution in [0.2, 0.25) is 0 Å². The summed E-state index contributed by atoms with van der Waals surface area (Å²) in [6.07, 6.45) is 1.79. The quantitative estimate of drug-likeness (QED) is 0.526. The zero-order chi connectivity index (χ0) is 25.3. The number of rotatable bonds is 7. The van der Waals surface area contributed by atoms with Crippen LogP contribution in [0.1, 0.15) is 41.7 Å². The van der Waals surface area contributed by atoms with Gasteiger partial charge < -0.3 is 14.6 Å². The number of nitrogens with zero attached hydrogens (tertiary/aromatic N) is 2. The van der Waals surface area contributed by atoms with Gasteiger partial charge in [0.25, 0.3) is 11.5 Å². The number of hydrogen-bond acceptors (Lipinski definition) is 5. The lowest BCUT2D eigenvalue weighted by molar-refractivity contribution is 0.102. The van der Waals surface area contributed by atoms with Crippen LogP contribution in [0.3, 0.4) is 0 Å². The predicted octanol–water partition coefficient (Wildman–Crippen LogP) is 3.70. The number of fused-ring (bicyclic) bond motifs is 4. The topological polar surface area (TPSA) is 97.7 Å². The van der Waals surface area contributed by atoms with Gasteiger partial charge in [-0.25, -0.2) is 8.42 Å². The summed E-state index contributed by atoms with van der Waals surface area (Å²) in [5, 5.41) is 2.81. The molecule has 0 spiro atoms. The number of carbonyl (C=O) groups is 1. The van der Waals surface area contributed by atoms with E-state index in [0.29, 0.717) is 43.2 Å². The molecule has 2 atom stereocenters. The van der Waals surface area contributed by atoms with Gasteiger partial charge in [-0.2, -0.15) is 4.31 Å². The van der Waals surface area contributed by atoms with Crippen molar-refractivity contribution in [2.45, 2.75) is 37.1 Å². The average molecular weight is 508 g/mol. The Bertz CT molecular complexity index is 1420. The van der Waals surface area contributed by atoms with Crippen molar-refractivity contribution < 1.29 is 17.9 Å². The number of carbonyl (C=O) groups excluding carboxylic acids is 1. The Morgan fingerprint density at radius 1 is 1.00 bits per heavy atom. The molecule has 1 amide bonds. The third-order valence-electron chi connectivity index (χ3n) is 6.79. The van der Waals surface area contributed by atoms with Crippen molar-refractivity contribution in [3.8, 4) is 5.75 Å². The fraction of sp³-hybridized carbons (Fsp3) is 0.333. The third-order valence-corrected chi connectivity index (χ3v) is 8.63. The summed E-state index contributed by atoms with van der Waals surface area (Å²) in [7, 11) is -3.71. The molecule has 0 saturated carbocycles. The van der Waals surface area contributed by atoms with E-state index >= 15 is 0 Å². The van der Waals surface area contributed by atoms with E-state index in [1.54, 1.807) is 53.1 Å². The molecule has 188 valence electrons. The molecular weight excluding hydrogens is 478 g/mol. The summed E-state index contributed by atoms with van der Waals surface area (Å²) in [6.45, 7) is 3.91. The van der Waals surface area contributed by atoms with Gasteiger partial charge in [-0.1, -0.05) is 13.0 Å². The van der Waals surface area contributed by atoms with Crippen LogP contribution in [0, 0.1) is 5.92 Å². The first kappa shape index (κ1) is 24.3. The van der Waals surface area contributed by atoms with E-state index in [0.717, 1.165) is 18.5 Å². The van der Waals surface area contributed by atoms with Crippen LogP contribution in [-0.4, -0.2) is 42.9 Å². The fourth-order valence-corrected chi connectivity index (χ4v) is 6.60. The van der Waals surface area contributed by atoms with E-state index in [2.05, 4.69) is 5.32 Å². The van der Waals surface area contributed by atoms with Gasteiger partial charge in [-0.15, -0.1) is 0 Å². The summed E-state index contributed by atoms with van der Waals surface area (Å²) in [5.41, 5.74) is 1.86. The van der Waals surface area contributed by atoms with Gasteiger partial charge in [0.15, 0.2) is 0 Å². The standard InChI is InChI=1S/C27H29N3O5S/c1-2-14-35-23-10-6-20(7-11-23)27(32)28-22-8-12-24(13-9-22)36(33,34)29-16-19-15-21(18-29)25-4-3-5-26(31)30(25)17-19/h3-13,19,21H,2,14-18H2,1H3,(H,28,32)/t19-,21+/m0/s1. The molecule has 3 heterocycles. The highest BCUT2D eigenvalue weighted by Crippen LogP contribution is 2.37. The second-order valence-corrected chi connectivity index (χ2v) is 11.3. The highest BCUT2D eigenvalue weighted by Gasteiger charge is 2.39. The van der Waals surface area contributed by atoms with Gasteiger partial charge in [0.05, 0.1) is 11.5 Å². The Morgan fingerprint density at radius 3 is 2.47 bits per heavy atom. The van der Waals surface area contributed by atoms with E-state index in [9.17, 15) is 18.0 Å². The minimum absolute atomic E-state index is 0.00139. The Morgan fingerprint density at radius 2 is 1.75 bits per heavy atom. The second-order valence-electron chi connectivity index (χ2n) is 9.37. The first-order chi connectivity index (χ1) is 17.3. The first-order valence-electron chi connectivity index (χ1n) is 12.2. The zero-order valence-corrected chi connectivity index (χ0v) is 20.9. The van der Waals surface area contributed by atoms with Gasteiger partial charge >= 0.3 is 0 Å². The van der Waals surface area contributed by atoms with Crippen molar-refractivity contribution in [1.82, 2.24) is 8.87 Å². The van der Waals surface area contributed by atoms with Crippen molar-refractivity contribution in [3.05, 3.63) is 88.3 Å². The second kappa shape index (κ2) is 9.91. The molecule has 1 fully saturated rings. The Balaban J connectivity index is 1.27. The molecule has 0 radical (unpaired) electrons. The number of piperidine rings is 1. The lowest BCUT2D eigenvalue weighted by Gasteiger charge is -2.42. The maximum Gasteiger partial charge on any atom is 0.255 e. The molecule has 2 bridgehead atoms. The third kappa shape index (κ3) is 4.81. The van der Waals surface area contributed by atoms with Crippen molar-refractivity contribution in [1.29, 1.82) is 0 Å². The van der Waals surface area contributed by atoms with E-state index in [4.69, 9.17) is 4.74 Å². The lowest BCUT2D eigenvalue weighted by Crippen LogP contribution is -2.48. The molecule has 8 nitrogen and oxygen atoms in total. The van der Waals surface area contributed by atoms with E-state index < -0.39 is 10.0 Å². The van der Waals surface area contributed by atoms with Crippen LogP contribution >= 0.6 is 0 Å². The number of amides is 1. The number of anilines is 1. The number of hydrogen-bond donors (Lipinski definition) is 1. The summed E-state index contributed by atoms with van der Waals surface area (Å²) in [4.78, 5) is 25.0. The highest BCUT2D eigenvalue weighted by atomic mass is 32.2. The number of sulfonamides is 1. The van der Waals surface area contributed by atoms with Crippen LogP contribution in [0.4, 0.5) is 5.69 Å². The average Bonchev–Trinajstić information content (AvgIpc) is 2.88. The molecule has 1 N–H and O–H groups in total. The molecule has 5 rings (SSSR count). The SMILES string of the molecule is CCCOc1ccc(C(=O)Nc2ccc(S(=O)(=O)N3C[C@@H]4C[C@H](C3)c3cccc(=O)n3C4)cc2)cc1. The maximum atomic E-state index is 13.4. The minimum atomic E-state index is -3.71. The monoisotopic (exact) mass is 507 g/mol. The van der Waals surface area contributed by atoms with Gasteiger partial charge in [-0.3, -0.25) is 9.59 Å². The van der Waals surface area contributed by atoms with Crippen LogP contribution < -0.4 is 15.6 Å². The minimum Gasteiger partial charge on any atom is -0.494 e. The molecule has 2 aliphatic heterocycles. The molecule has 2 aromatic carbocycles. The van der Waals surface area contributed by atoms with E-state index in [1.807, 2.05) is 13.0 Å². The molecule has 0 aliphatic carbocycles. The Hall–Kier alpha value is -3.43. The van der Waals surface area contributed by atoms with Crippen LogP contribution in [0.25, 0.3) is 0 Å². The molecule has 2 aliphatic rings. The van der Waals surface area contributed by atoms with Gasteiger partial charge in [0, 0.05) is 48.6 Å². The Labute approximate surface area is 210 Å². The fourth-order valence-electron chi connectivity index (χ4n) is 5.03. The van der Waals surface area contributed by atoms with Gasteiger partial charge in [-0.05, 0) is 73.4 Å². The maximum absolute atomic E-state index is 13.4. The van der Waals surface area contributed by atoms with Crippen LogP contribution in [0.15, 0.2) is 76.4 Å². The van der Waals surface area contributed by atoms with Crippen molar-refractivity contribution in [3.63, 3.8) is 0 Å².